The number of benzene rings is 1. The average molecular weight is 404 g/mol. The van der Waals surface area contributed by atoms with E-state index in [0.29, 0.717) is 0 Å². The topological polar surface area (TPSA) is 76.9 Å². The lowest BCUT2D eigenvalue weighted by molar-refractivity contribution is -0.142. The Balaban J connectivity index is 2.08. The van der Waals surface area contributed by atoms with Crippen molar-refractivity contribution < 1.29 is 18.0 Å². The Bertz CT molecular complexity index is 1120. The molecule has 0 aliphatic rings. The van der Waals surface area contributed by atoms with Crippen molar-refractivity contribution >= 4 is 16.9 Å². The predicted molar refractivity (Wildman–Crippen MR) is 101 cm³/mol. The van der Waals surface area contributed by atoms with Gasteiger partial charge in [-0.05, 0) is 55.7 Å². The van der Waals surface area contributed by atoms with Crippen LogP contribution in [0.5, 0.6) is 0 Å². The first-order valence-electron chi connectivity index (χ1n) is 8.87. The minimum absolute atomic E-state index is 0.00642. The number of amides is 1. The van der Waals surface area contributed by atoms with Crippen LogP contribution in [-0.2, 0) is 17.5 Å². The molecule has 2 aromatic heterocycles. The zero-order valence-electron chi connectivity index (χ0n) is 16.0. The van der Waals surface area contributed by atoms with Gasteiger partial charge in [-0.2, -0.15) is 13.2 Å². The number of alkyl halides is 3. The van der Waals surface area contributed by atoms with Crippen LogP contribution in [0.25, 0.3) is 11.0 Å². The fraction of sp³-hybridized carbons (Fsp3) is 0.300. The highest BCUT2D eigenvalue weighted by Crippen LogP contribution is 2.28. The number of aryl methyl sites for hydroxylation is 2. The van der Waals surface area contributed by atoms with E-state index in [0.717, 1.165) is 21.3 Å². The Hall–Kier alpha value is -3.23. The summed E-state index contributed by atoms with van der Waals surface area (Å²) in [5, 5.41) is 2.63. The summed E-state index contributed by atoms with van der Waals surface area (Å²) in [6.45, 7) is 5.03. The quantitative estimate of drug-likeness (QED) is 0.724. The molecule has 152 valence electrons. The zero-order chi connectivity index (χ0) is 21.3. The van der Waals surface area contributed by atoms with Gasteiger partial charge < -0.3 is 5.32 Å². The van der Waals surface area contributed by atoms with Crippen molar-refractivity contribution in [3.05, 3.63) is 69.4 Å². The van der Waals surface area contributed by atoms with Crippen LogP contribution >= 0.6 is 0 Å². The second kappa shape index (κ2) is 7.65. The number of carbonyl (C=O) groups is 1. The smallest absolute Gasteiger partial charge is 0.350 e. The molecule has 3 aromatic rings. The highest BCUT2D eigenvalue weighted by Gasteiger charge is 2.38. The maximum atomic E-state index is 13.4. The van der Waals surface area contributed by atoms with E-state index in [-0.39, 0.29) is 17.6 Å². The van der Waals surface area contributed by atoms with Crippen LogP contribution in [-0.4, -0.2) is 20.4 Å². The van der Waals surface area contributed by atoms with E-state index < -0.39 is 29.4 Å². The van der Waals surface area contributed by atoms with E-state index in [2.05, 4.69) is 15.3 Å². The van der Waals surface area contributed by atoms with E-state index in [1.54, 1.807) is 44.4 Å². The number of carbonyl (C=O) groups excluding carboxylic acids is 1. The SMILES string of the molecule is Cc1cc2nc(C(F)(F)F)c(=O)n(C(C)C(=O)NCc3cccnc3)c2cc1C. The third-order valence-corrected chi connectivity index (χ3v) is 4.73. The summed E-state index contributed by atoms with van der Waals surface area (Å²) in [6, 6.07) is 5.33. The Labute approximate surface area is 164 Å². The molecule has 6 nitrogen and oxygen atoms in total. The second-order valence-electron chi connectivity index (χ2n) is 6.81. The van der Waals surface area contributed by atoms with E-state index in [1.807, 2.05) is 0 Å². The summed E-state index contributed by atoms with van der Waals surface area (Å²) in [7, 11) is 0. The maximum Gasteiger partial charge on any atom is 0.438 e. The summed E-state index contributed by atoms with van der Waals surface area (Å²) in [5.41, 5.74) is -0.478. The number of fused-ring (bicyclic) bond motifs is 1. The van der Waals surface area contributed by atoms with Crippen molar-refractivity contribution in [2.24, 2.45) is 0 Å². The van der Waals surface area contributed by atoms with Crippen LogP contribution < -0.4 is 10.9 Å². The molecule has 0 bridgehead atoms. The molecule has 0 aliphatic heterocycles. The fourth-order valence-electron chi connectivity index (χ4n) is 2.99. The molecule has 1 unspecified atom stereocenters. The van der Waals surface area contributed by atoms with Gasteiger partial charge in [-0.15, -0.1) is 0 Å². The van der Waals surface area contributed by atoms with Crippen LogP contribution in [0.4, 0.5) is 13.2 Å². The number of hydrogen-bond donors (Lipinski definition) is 1. The summed E-state index contributed by atoms with van der Waals surface area (Å²) >= 11 is 0. The Morgan fingerprint density at radius 2 is 1.93 bits per heavy atom. The molecule has 1 atom stereocenters. The van der Waals surface area contributed by atoms with Crippen LogP contribution in [0.1, 0.15) is 35.3 Å². The summed E-state index contributed by atoms with van der Waals surface area (Å²) in [4.78, 5) is 32.8. The standard InChI is InChI=1S/C20H19F3N4O2/c1-11-7-15-16(8-12(11)2)27(19(29)17(26-15)20(21,22)23)13(3)18(28)25-10-14-5-4-6-24-9-14/h4-9,13H,10H2,1-3H3,(H,25,28). The van der Waals surface area contributed by atoms with E-state index in [4.69, 9.17) is 0 Å². The second-order valence-corrected chi connectivity index (χ2v) is 6.81. The molecule has 0 aliphatic carbocycles. The predicted octanol–water partition coefficient (Wildman–Crippen LogP) is 3.30. The van der Waals surface area contributed by atoms with Gasteiger partial charge in [0.1, 0.15) is 6.04 Å². The molecular weight excluding hydrogens is 385 g/mol. The number of halogens is 3. The molecule has 0 fully saturated rings. The van der Waals surface area contributed by atoms with Crippen molar-refractivity contribution in [2.75, 3.05) is 0 Å². The van der Waals surface area contributed by atoms with Crippen LogP contribution in [0.2, 0.25) is 0 Å². The number of nitrogens with one attached hydrogen (secondary N) is 1. The number of rotatable bonds is 4. The molecule has 1 amide bonds. The summed E-state index contributed by atoms with van der Waals surface area (Å²) in [6.07, 6.45) is -1.79. The lowest BCUT2D eigenvalue weighted by Crippen LogP contribution is -2.39. The van der Waals surface area contributed by atoms with E-state index in [9.17, 15) is 22.8 Å². The van der Waals surface area contributed by atoms with Gasteiger partial charge in [-0.1, -0.05) is 6.07 Å². The molecule has 1 N–H and O–H groups in total. The van der Waals surface area contributed by atoms with Gasteiger partial charge in [0.05, 0.1) is 11.0 Å². The molecule has 3 rings (SSSR count). The third kappa shape index (κ3) is 4.13. The van der Waals surface area contributed by atoms with Crippen molar-refractivity contribution in [2.45, 2.75) is 39.5 Å². The van der Waals surface area contributed by atoms with Gasteiger partial charge in [0.25, 0.3) is 5.56 Å². The van der Waals surface area contributed by atoms with E-state index in [1.165, 1.54) is 13.0 Å². The Morgan fingerprint density at radius 3 is 2.55 bits per heavy atom. The molecule has 29 heavy (non-hydrogen) atoms. The Kier molecular flexibility index (Phi) is 5.41. The van der Waals surface area contributed by atoms with Gasteiger partial charge in [0.2, 0.25) is 11.6 Å². The Morgan fingerprint density at radius 1 is 1.24 bits per heavy atom. The van der Waals surface area contributed by atoms with Gasteiger partial charge in [0.15, 0.2) is 0 Å². The maximum absolute atomic E-state index is 13.4. The average Bonchev–Trinajstić information content (AvgIpc) is 2.66. The van der Waals surface area contributed by atoms with Crippen LogP contribution in [0.3, 0.4) is 0 Å². The fourth-order valence-corrected chi connectivity index (χ4v) is 2.99. The summed E-state index contributed by atoms with van der Waals surface area (Å²) < 4.78 is 41.0. The normalized spacial score (nSPS) is 12.8. The number of hydrogen-bond acceptors (Lipinski definition) is 4. The van der Waals surface area contributed by atoms with Crippen LogP contribution in [0.15, 0.2) is 41.5 Å². The molecule has 2 heterocycles. The lowest BCUT2D eigenvalue weighted by atomic mass is 10.1. The van der Waals surface area contributed by atoms with Gasteiger partial charge in [-0.25, -0.2) is 4.98 Å². The van der Waals surface area contributed by atoms with Crippen molar-refractivity contribution in [1.29, 1.82) is 0 Å². The van der Waals surface area contributed by atoms with Crippen molar-refractivity contribution in [1.82, 2.24) is 19.9 Å². The molecule has 0 saturated heterocycles. The first-order valence-corrected chi connectivity index (χ1v) is 8.87. The van der Waals surface area contributed by atoms with E-state index >= 15 is 0 Å². The molecule has 0 saturated carbocycles. The third-order valence-electron chi connectivity index (χ3n) is 4.73. The molecule has 0 radical (unpaired) electrons. The monoisotopic (exact) mass is 404 g/mol. The summed E-state index contributed by atoms with van der Waals surface area (Å²) in [5.74, 6) is -0.588. The van der Waals surface area contributed by atoms with Crippen LogP contribution in [0, 0.1) is 13.8 Å². The molecule has 0 spiro atoms. The first-order chi connectivity index (χ1) is 13.6. The molecular formula is C20H19F3N4O2. The highest BCUT2D eigenvalue weighted by molar-refractivity contribution is 5.84. The van der Waals surface area contributed by atoms with Gasteiger partial charge >= 0.3 is 6.18 Å². The number of nitrogens with zero attached hydrogens (tertiary/aromatic N) is 3. The lowest BCUT2D eigenvalue weighted by Gasteiger charge is -2.20. The highest BCUT2D eigenvalue weighted by atomic mass is 19.4. The minimum atomic E-state index is -4.93. The minimum Gasteiger partial charge on any atom is -0.350 e. The molecule has 1 aromatic carbocycles. The first kappa shape index (κ1) is 20.5. The van der Waals surface area contributed by atoms with Crippen molar-refractivity contribution in [3.63, 3.8) is 0 Å². The molecule has 9 heteroatoms. The number of aromatic nitrogens is 3. The van der Waals surface area contributed by atoms with Crippen molar-refractivity contribution in [3.8, 4) is 0 Å². The number of pyridine rings is 1. The van der Waals surface area contributed by atoms with Gasteiger partial charge in [0, 0.05) is 18.9 Å². The zero-order valence-corrected chi connectivity index (χ0v) is 16.0. The largest absolute Gasteiger partial charge is 0.438 e. The van der Waals surface area contributed by atoms with Gasteiger partial charge in [-0.3, -0.25) is 19.1 Å².